The Morgan fingerprint density at radius 1 is 1.21 bits per heavy atom. The Morgan fingerprint density at radius 2 is 1.95 bits per heavy atom. The van der Waals surface area contributed by atoms with Gasteiger partial charge in [0.05, 0.1) is 7.11 Å². The van der Waals surface area contributed by atoms with E-state index in [1.54, 1.807) is 18.2 Å². The van der Waals surface area contributed by atoms with Gasteiger partial charge in [-0.05, 0) is 12.1 Å². The van der Waals surface area contributed by atoms with E-state index in [0.717, 1.165) is 4.47 Å². The molecule has 0 saturated carbocycles. The van der Waals surface area contributed by atoms with Gasteiger partial charge < -0.3 is 15.8 Å². The van der Waals surface area contributed by atoms with E-state index in [1.807, 2.05) is 0 Å². The topological polar surface area (TPSA) is 60.2 Å². The van der Waals surface area contributed by atoms with Crippen molar-refractivity contribution >= 4 is 33.3 Å². The van der Waals surface area contributed by atoms with E-state index in [4.69, 9.17) is 10.5 Å². The number of nitrogens with one attached hydrogen (secondary N) is 1. The van der Waals surface area contributed by atoms with E-state index in [0.29, 0.717) is 17.5 Å². The van der Waals surface area contributed by atoms with E-state index < -0.39 is 11.6 Å². The van der Waals surface area contributed by atoms with Crippen molar-refractivity contribution in [2.75, 3.05) is 18.2 Å². The summed E-state index contributed by atoms with van der Waals surface area (Å²) in [5.41, 5.74) is 5.83. The Kier molecular flexibility index (Phi) is 3.84. The lowest BCUT2D eigenvalue weighted by Crippen LogP contribution is -2.03. The minimum atomic E-state index is -0.894. The molecule has 0 amide bonds. The number of rotatable bonds is 3. The van der Waals surface area contributed by atoms with Crippen molar-refractivity contribution in [1.82, 2.24) is 4.98 Å². The highest BCUT2D eigenvalue weighted by atomic mass is 79.9. The fourth-order valence-electron chi connectivity index (χ4n) is 1.46. The summed E-state index contributed by atoms with van der Waals surface area (Å²) in [6.45, 7) is 0. The minimum Gasteiger partial charge on any atom is -0.497 e. The molecule has 2 rings (SSSR count). The highest BCUT2D eigenvalue weighted by Crippen LogP contribution is 2.27. The first-order valence-corrected chi connectivity index (χ1v) is 6.02. The van der Waals surface area contributed by atoms with Crippen LogP contribution in [0.2, 0.25) is 0 Å². The number of anilines is 3. The number of nitrogens with two attached hydrogens (primary N) is 1. The second-order valence-corrected chi connectivity index (χ2v) is 4.61. The van der Waals surface area contributed by atoms with Crippen LogP contribution in [-0.4, -0.2) is 12.1 Å². The van der Waals surface area contributed by atoms with Crippen molar-refractivity contribution in [2.45, 2.75) is 0 Å². The Balaban J connectivity index is 2.36. The maximum Gasteiger partial charge on any atom is 0.169 e. The largest absolute Gasteiger partial charge is 0.497 e. The minimum absolute atomic E-state index is 0.154. The van der Waals surface area contributed by atoms with Gasteiger partial charge in [0, 0.05) is 22.3 Å². The molecule has 0 fully saturated rings. The van der Waals surface area contributed by atoms with Crippen LogP contribution in [0.1, 0.15) is 0 Å². The third kappa shape index (κ3) is 3.11. The molecular weight excluding hydrogens is 320 g/mol. The molecule has 1 heterocycles. The van der Waals surface area contributed by atoms with Crippen molar-refractivity contribution in [1.29, 1.82) is 0 Å². The Labute approximate surface area is 116 Å². The third-order valence-corrected chi connectivity index (χ3v) is 2.78. The normalized spacial score (nSPS) is 10.3. The second kappa shape index (κ2) is 5.40. The van der Waals surface area contributed by atoms with Gasteiger partial charge in [0.25, 0.3) is 0 Å². The lowest BCUT2D eigenvalue weighted by atomic mass is 10.3. The fraction of sp³-hybridized carbons (Fsp3) is 0.0833. The summed E-state index contributed by atoms with van der Waals surface area (Å²) in [5, 5.41) is 2.71. The number of nitrogen functional groups attached to an aromatic ring is 1. The van der Waals surface area contributed by atoms with Crippen molar-refractivity contribution in [3.05, 3.63) is 40.4 Å². The van der Waals surface area contributed by atoms with Gasteiger partial charge in [-0.2, -0.15) is 0 Å². The SMILES string of the molecule is COc1cc(Br)cc(Nc2nc(N)c(F)cc2F)c1. The predicted molar refractivity (Wildman–Crippen MR) is 72.5 cm³/mol. The average Bonchev–Trinajstić information content (AvgIpc) is 2.35. The van der Waals surface area contributed by atoms with Crippen LogP contribution in [0.15, 0.2) is 28.7 Å². The maximum atomic E-state index is 13.5. The summed E-state index contributed by atoms with van der Waals surface area (Å²) in [6, 6.07) is 5.77. The smallest absolute Gasteiger partial charge is 0.169 e. The summed E-state index contributed by atoms with van der Waals surface area (Å²) < 4.78 is 32.4. The molecule has 4 nitrogen and oxygen atoms in total. The highest BCUT2D eigenvalue weighted by Gasteiger charge is 2.10. The Morgan fingerprint density at radius 3 is 2.63 bits per heavy atom. The molecule has 1 aromatic heterocycles. The zero-order valence-corrected chi connectivity index (χ0v) is 11.5. The molecule has 0 unspecified atom stereocenters. The number of benzene rings is 1. The summed E-state index contributed by atoms with van der Waals surface area (Å²) >= 11 is 3.29. The molecule has 0 saturated heterocycles. The van der Waals surface area contributed by atoms with Gasteiger partial charge in [-0.3, -0.25) is 0 Å². The lowest BCUT2D eigenvalue weighted by Gasteiger charge is -2.10. The number of ether oxygens (including phenoxy) is 1. The average molecular weight is 330 g/mol. The number of methoxy groups -OCH3 is 1. The van der Waals surface area contributed by atoms with Gasteiger partial charge in [0.15, 0.2) is 23.3 Å². The molecule has 3 N–H and O–H groups in total. The van der Waals surface area contributed by atoms with E-state index >= 15 is 0 Å². The quantitative estimate of drug-likeness (QED) is 0.905. The van der Waals surface area contributed by atoms with Crippen LogP contribution in [0.4, 0.5) is 26.1 Å². The maximum absolute atomic E-state index is 13.5. The molecule has 100 valence electrons. The molecule has 7 heteroatoms. The van der Waals surface area contributed by atoms with Crippen LogP contribution < -0.4 is 15.8 Å². The number of nitrogens with zero attached hydrogens (tertiary/aromatic N) is 1. The molecule has 0 radical (unpaired) electrons. The van der Waals surface area contributed by atoms with E-state index in [1.165, 1.54) is 7.11 Å². The Bertz CT molecular complexity index is 622. The van der Waals surface area contributed by atoms with Crippen molar-refractivity contribution in [3.8, 4) is 5.75 Å². The first-order chi connectivity index (χ1) is 8.99. The first-order valence-electron chi connectivity index (χ1n) is 5.22. The van der Waals surface area contributed by atoms with E-state index in [2.05, 4.69) is 26.2 Å². The number of aromatic nitrogens is 1. The monoisotopic (exact) mass is 329 g/mol. The zero-order chi connectivity index (χ0) is 14.0. The van der Waals surface area contributed by atoms with Crippen LogP contribution in [0.5, 0.6) is 5.75 Å². The third-order valence-electron chi connectivity index (χ3n) is 2.33. The molecular formula is C12H10BrF2N3O. The highest BCUT2D eigenvalue weighted by molar-refractivity contribution is 9.10. The molecule has 0 aliphatic rings. The molecule has 1 aromatic carbocycles. The van der Waals surface area contributed by atoms with Crippen molar-refractivity contribution < 1.29 is 13.5 Å². The molecule has 0 aliphatic heterocycles. The molecule has 0 spiro atoms. The molecule has 0 atom stereocenters. The molecule has 2 aromatic rings. The second-order valence-electron chi connectivity index (χ2n) is 3.69. The number of hydrogen-bond donors (Lipinski definition) is 2. The van der Waals surface area contributed by atoms with Crippen LogP contribution in [-0.2, 0) is 0 Å². The van der Waals surface area contributed by atoms with Gasteiger partial charge in [0.1, 0.15) is 5.75 Å². The molecule has 19 heavy (non-hydrogen) atoms. The Hall–Kier alpha value is -1.89. The summed E-state index contributed by atoms with van der Waals surface area (Å²) in [6.07, 6.45) is 0. The van der Waals surface area contributed by atoms with Gasteiger partial charge in [-0.1, -0.05) is 15.9 Å². The van der Waals surface area contributed by atoms with Crippen LogP contribution in [0, 0.1) is 11.6 Å². The van der Waals surface area contributed by atoms with Crippen molar-refractivity contribution in [3.63, 3.8) is 0 Å². The number of halogens is 3. The zero-order valence-electron chi connectivity index (χ0n) is 9.88. The van der Waals surface area contributed by atoms with E-state index in [9.17, 15) is 8.78 Å². The number of pyridine rings is 1. The van der Waals surface area contributed by atoms with Gasteiger partial charge in [-0.25, -0.2) is 13.8 Å². The van der Waals surface area contributed by atoms with E-state index in [-0.39, 0.29) is 11.6 Å². The lowest BCUT2D eigenvalue weighted by molar-refractivity contribution is 0.415. The number of hydrogen-bond acceptors (Lipinski definition) is 4. The van der Waals surface area contributed by atoms with Gasteiger partial charge >= 0.3 is 0 Å². The van der Waals surface area contributed by atoms with Crippen LogP contribution in [0.25, 0.3) is 0 Å². The summed E-state index contributed by atoms with van der Waals surface area (Å²) in [7, 11) is 1.51. The first kappa shape index (κ1) is 13.5. The van der Waals surface area contributed by atoms with Gasteiger partial charge in [0.2, 0.25) is 0 Å². The molecule has 0 aliphatic carbocycles. The van der Waals surface area contributed by atoms with Gasteiger partial charge in [-0.15, -0.1) is 0 Å². The van der Waals surface area contributed by atoms with Crippen LogP contribution in [0.3, 0.4) is 0 Å². The standard InChI is InChI=1S/C12H10BrF2N3O/c1-19-8-3-6(13)2-7(4-8)17-12-10(15)5-9(14)11(16)18-12/h2-5H,1H3,(H3,16,17,18). The fourth-order valence-corrected chi connectivity index (χ4v) is 1.93. The summed E-state index contributed by atoms with van der Waals surface area (Å²) in [4.78, 5) is 3.61. The predicted octanol–water partition coefficient (Wildman–Crippen LogP) is 3.46. The van der Waals surface area contributed by atoms with Crippen molar-refractivity contribution in [2.24, 2.45) is 0 Å². The summed E-state index contributed by atoms with van der Waals surface area (Å²) in [5.74, 6) is -1.67. The molecule has 0 bridgehead atoms. The van der Waals surface area contributed by atoms with Crippen LogP contribution >= 0.6 is 15.9 Å².